The number of hydrogen-bond acceptors (Lipinski definition) is 3. The van der Waals surface area contributed by atoms with Crippen LogP contribution in [-0.2, 0) is 0 Å². The molecule has 0 spiro atoms. The van der Waals surface area contributed by atoms with Gasteiger partial charge >= 0.3 is 0 Å². The van der Waals surface area contributed by atoms with Gasteiger partial charge in [-0.2, -0.15) is 0 Å². The molecule has 0 saturated carbocycles. The molecule has 0 fully saturated rings. The van der Waals surface area contributed by atoms with Crippen LogP contribution in [0.25, 0.3) is 0 Å². The van der Waals surface area contributed by atoms with Crippen molar-refractivity contribution in [1.29, 1.82) is 0 Å². The Balaban J connectivity index is 2.92. The number of anilines is 2. The summed E-state index contributed by atoms with van der Waals surface area (Å²) in [4.78, 5) is 2.22. The van der Waals surface area contributed by atoms with E-state index in [-0.39, 0.29) is 0 Å². The topological polar surface area (TPSA) is 38.5 Å². The Bertz CT molecular complexity index is 363. The van der Waals surface area contributed by atoms with Crippen LogP contribution in [-0.4, -0.2) is 20.2 Å². The normalized spacial score (nSPS) is 12.6. The van der Waals surface area contributed by atoms with Gasteiger partial charge in [-0.15, -0.1) is 0 Å². The summed E-state index contributed by atoms with van der Waals surface area (Å²) >= 11 is 0. The molecule has 1 aromatic rings. The SMILES string of the molecule is COc1cccc(N(C)C(C)CC(C)C)c1N. The minimum atomic E-state index is 0.462. The third-order valence-electron chi connectivity index (χ3n) is 3.12. The van der Waals surface area contributed by atoms with Crippen LogP contribution >= 0.6 is 0 Å². The van der Waals surface area contributed by atoms with Crippen molar-refractivity contribution < 1.29 is 4.74 Å². The molecular weight excluding hydrogens is 212 g/mol. The maximum atomic E-state index is 6.10. The van der Waals surface area contributed by atoms with E-state index in [4.69, 9.17) is 10.5 Å². The molecule has 1 atom stereocenters. The van der Waals surface area contributed by atoms with E-state index in [1.165, 1.54) is 0 Å². The number of ether oxygens (including phenoxy) is 1. The Morgan fingerprint density at radius 3 is 2.47 bits per heavy atom. The third kappa shape index (κ3) is 3.29. The van der Waals surface area contributed by atoms with E-state index in [1.54, 1.807) is 7.11 Å². The number of nitrogen functional groups attached to an aromatic ring is 1. The van der Waals surface area contributed by atoms with Crippen LogP contribution in [0, 0.1) is 5.92 Å². The first-order valence-corrected chi connectivity index (χ1v) is 6.12. The van der Waals surface area contributed by atoms with E-state index in [0.29, 0.717) is 17.6 Å². The number of methoxy groups -OCH3 is 1. The number of rotatable bonds is 5. The molecule has 2 N–H and O–H groups in total. The molecule has 1 aromatic carbocycles. The lowest BCUT2D eigenvalue weighted by atomic mass is 10.0. The second-order valence-corrected chi connectivity index (χ2v) is 4.98. The van der Waals surface area contributed by atoms with Gasteiger partial charge in [0.05, 0.1) is 18.5 Å². The molecule has 0 bridgehead atoms. The van der Waals surface area contributed by atoms with E-state index in [9.17, 15) is 0 Å². The Morgan fingerprint density at radius 1 is 1.29 bits per heavy atom. The number of hydrogen-bond donors (Lipinski definition) is 1. The largest absolute Gasteiger partial charge is 0.495 e. The minimum absolute atomic E-state index is 0.462. The molecule has 0 heterocycles. The third-order valence-corrected chi connectivity index (χ3v) is 3.12. The van der Waals surface area contributed by atoms with Crippen molar-refractivity contribution in [2.45, 2.75) is 33.2 Å². The molecule has 96 valence electrons. The van der Waals surface area contributed by atoms with E-state index >= 15 is 0 Å². The number of nitrogens with zero attached hydrogens (tertiary/aromatic N) is 1. The molecular formula is C14H24N2O. The van der Waals surface area contributed by atoms with Crippen LogP contribution in [0.4, 0.5) is 11.4 Å². The van der Waals surface area contributed by atoms with Crippen LogP contribution in [0.5, 0.6) is 5.75 Å². The molecule has 0 saturated heterocycles. The van der Waals surface area contributed by atoms with Gasteiger partial charge in [0, 0.05) is 13.1 Å². The fourth-order valence-corrected chi connectivity index (χ4v) is 2.10. The molecule has 1 rings (SSSR count). The van der Waals surface area contributed by atoms with Crippen molar-refractivity contribution in [1.82, 2.24) is 0 Å². The van der Waals surface area contributed by atoms with Crippen LogP contribution in [0.1, 0.15) is 27.2 Å². The summed E-state index contributed by atoms with van der Waals surface area (Å²) in [5.74, 6) is 1.42. The number of benzene rings is 1. The van der Waals surface area contributed by atoms with E-state index in [0.717, 1.165) is 17.9 Å². The van der Waals surface area contributed by atoms with E-state index < -0.39 is 0 Å². The number of para-hydroxylation sites is 1. The van der Waals surface area contributed by atoms with Gasteiger partial charge in [-0.25, -0.2) is 0 Å². The maximum absolute atomic E-state index is 6.10. The molecule has 0 aliphatic carbocycles. The summed E-state index contributed by atoms with van der Waals surface area (Å²) in [6.07, 6.45) is 1.15. The van der Waals surface area contributed by atoms with Crippen molar-refractivity contribution in [3.63, 3.8) is 0 Å². The van der Waals surface area contributed by atoms with Gasteiger partial charge in [0.15, 0.2) is 0 Å². The van der Waals surface area contributed by atoms with Gasteiger partial charge in [-0.3, -0.25) is 0 Å². The van der Waals surface area contributed by atoms with Gasteiger partial charge in [0.1, 0.15) is 5.75 Å². The minimum Gasteiger partial charge on any atom is -0.495 e. The summed E-state index contributed by atoms with van der Waals surface area (Å²) in [6, 6.07) is 6.36. The molecule has 0 aliphatic rings. The monoisotopic (exact) mass is 236 g/mol. The fraction of sp³-hybridized carbons (Fsp3) is 0.571. The Morgan fingerprint density at radius 2 is 1.94 bits per heavy atom. The molecule has 17 heavy (non-hydrogen) atoms. The fourth-order valence-electron chi connectivity index (χ4n) is 2.10. The highest BCUT2D eigenvalue weighted by Gasteiger charge is 2.15. The highest BCUT2D eigenvalue weighted by Crippen LogP contribution is 2.32. The molecule has 0 aromatic heterocycles. The molecule has 0 radical (unpaired) electrons. The standard InChI is InChI=1S/C14H24N2O/c1-10(2)9-11(3)16(4)12-7-6-8-13(17-5)14(12)15/h6-8,10-11H,9,15H2,1-5H3. The highest BCUT2D eigenvalue weighted by molar-refractivity contribution is 5.74. The zero-order valence-electron chi connectivity index (χ0n) is 11.5. The predicted octanol–water partition coefficient (Wildman–Crippen LogP) is 3.15. The van der Waals surface area contributed by atoms with Crippen molar-refractivity contribution in [3.8, 4) is 5.75 Å². The second-order valence-electron chi connectivity index (χ2n) is 4.98. The molecule has 0 aliphatic heterocycles. The highest BCUT2D eigenvalue weighted by atomic mass is 16.5. The lowest BCUT2D eigenvalue weighted by Gasteiger charge is -2.29. The van der Waals surface area contributed by atoms with Crippen LogP contribution in [0.2, 0.25) is 0 Å². The molecule has 0 amide bonds. The first kappa shape index (κ1) is 13.7. The quantitative estimate of drug-likeness (QED) is 0.798. The maximum Gasteiger partial charge on any atom is 0.143 e. The Kier molecular flexibility index (Phi) is 4.67. The summed E-state index contributed by atoms with van der Waals surface area (Å²) < 4.78 is 5.24. The predicted molar refractivity (Wildman–Crippen MR) is 74.7 cm³/mol. The van der Waals surface area contributed by atoms with Crippen molar-refractivity contribution >= 4 is 11.4 Å². The van der Waals surface area contributed by atoms with Gasteiger partial charge in [0.25, 0.3) is 0 Å². The average molecular weight is 236 g/mol. The average Bonchev–Trinajstić information content (AvgIpc) is 2.27. The van der Waals surface area contributed by atoms with Gasteiger partial charge in [-0.05, 0) is 31.4 Å². The Labute approximate surface area is 105 Å². The van der Waals surface area contributed by atoms with Gasteiger partial charge in [-0.1, -0.05) is 19.9 Å². The molecule has 3 nitrogen and oxygen atoms in total. The summed E-state index contributed by atoms with van der Waals surface area (Å²) in [6.45, 7) is 6.69. The lowest BCUT2D eigenvalue weighted by molar-refractivity contribution is 0.416. The van der Waals surface area contributed by atoms with E-state index in [2.05, 4.69) is 32.7 Å². The van der Waals surface area contributed by atoms with Crippen LogP contribution < -0.4 is 15.4 Å². The summed E-state index contributed by atoms with van der Waals surface area (Å²) in [7, 11) is 3.73. The molecule has 3 heteroatoms. The van der Waals surface area contributed by atoms with Crippen LogP contribution in [0.15, 0.2) is 18.2 Å². The van der Waals surface area contributed by atoms with Crippen molar-refractivity contribution in [3.05, 3.63) is 18.2 Å². The van der Waals surface area contributed by atoms with Gasteiger partial charge in [0.2, 0.25) is 0 Å². The van der Waals surface area contributed by atoms with Crippen molar-refractivity contribution in [2.24, 2.45) is 5.92 Å². The summed E-state index contributed by atoms with van der Waals surface area (Å²) in [5.41, 5.74) is 7.85. The molecule has 1 unspecified atom stereocenters. The zero-order chi connectivity index (χ0) is 13.0. The zero-order valence-corrected chi connectivity index (χ0v) is 11.5. The van der Waals surface area contributed by atoms with E-state index in [1.807, 2.05) is 18.2 Å². The number of nitrogens with two attached hydrogens (primary N) is 1. The second kappa shape index (κ2) is 5.80. The summed E-state index contributed by atoms with van der Waals surface area (Å²) in [5, 5.41) is 0. The van der Waals surface area contributed by atoms with Gasteiger partial charge < -0.3 is 15.4 Å². The lowest BCUT2D eigenvalue weighted by Crippen LogP contribution is -2.30. The first-order valence-electron chi connectivity index (χ1n) is 6.12. The first-order chi connectivity index (χ1) is 7.97. The smallest absolute Gasteiger partial charge is 0.143 e. The van der Waals surface area contributed by atoms with Crippen molar-refractivity contribution in [2.75, 3.05) is 24.8 Å². The van der Waals surface area contributed by atoms with Crippen LogP contribution in [0.3, 0.4) is 0 Å². The Hall–Kier alpha value is -1.38.